The predicted molar refractivity (Wildman–Crippen MR) is 110 cm³/mol. The minimum Gasteiger partial charge on any atom is -0.505 e. The molecule has 1 amide bonds. The lowest BCUT2D eigenvalue weighted by atomic mass is 10.0. The lowest BCUT2D eigenvalue weighted by molar-refractivity contribution is 0.0999. The van der Waals surface area contributed by atoms with Gasteiger partial charge >= 0.3 is 0 Å². The molecule has 10 nitrogen and oxygen atoms in total. The summed E-state index contributed by atoms with van der Waals surface area (Å²) in [6.07, 6.45) is 2.92. The van der Waals surface area contributed by atoms with Gasteiger partial charge < -0.3 is 16.6 Å². The number of primary amides is 1. The van der Waals surface area contributed by atoms with Crippen LogP contribution < -0.4 is 11.5 Å². The van der Waals surface area contributed by atoms with E-state index in [9.17, 15) is 9.90 Å². The normalized spacial score (nSPS) is 11.0. The van der Waals surface area contributed by atoms with Crippen LogP contribution in [0.5, 0.6) is 5.75 Å². The number of azo groups is 1. The van der Waals surface area contributed by atoms with Gasteiger partial charge in [0.05, 0.1) is 18.3 Å². The van der Waals surface area contributed by atoms with Crippen molar-refractivity contribution in [2.24, 2.45) is 16.0 Å². The molecule has 0 bridgehead atoms. The van der Waals surface area contributed by atoms with Gasteiger partial charge in [-0.1, -0.05) is 12.1 Å². The second kappa shape index (κ2) is 7.33. The maximum Gasteiger partial charge on any atom is 0.253 e. The van der Waals surface area contributed by atoms with Crippen molar-refractivity contribution >= 4 is 39.6 Å². The maximum atomic E-state index is 12.0. The molecule has 0 spiro atoms. The van der Waals surface area contributed by atoms with Gasteiger partial charge in [-0.05, 0) is 35.7 Å². The van der Waals surface area contributed by atoms with Crippen molar-refractivity contribution in [1.82, 2.24) is 14.8 Å². The van der Waals surface area contributed by atoms with Crippen LogP contribution in [0.15, 0.2) is 65.1 Å². The molecule has 2 heterocycles. The highest BCUT2D eigenvalue weighted by Gasteiger charge is 2.18. The van der Waals surface area contributed by atoms with Gasteiger partial charge in [0.15, 0.2) is 17.4 Å². The average Bonchev–Trinajstić information content (AvgIpc) is 3.15. The minimum absolute atomic E-state index is 0.00535. The van der Waals surface area contributed by atoms with Crippen molar-refractivity contribution in [3.63, 3.8) is 0 Å². The molecule has 0 aliphatic heterocycles. The zero-order valence-corrected chi connectivity index (χ0v) is 15.4. The summed E-state index contributed by atoms with van der Waals surface area (Å²) in [4.78, 5) is 19.5. The summed E-state index contributed by atoms with van der Waals surface area (Å²) < 4.78 is 1.35. The summed E-state index contributed by atoms with van der Waals surface area (Å²) in [5.74, 6) is -0.698. The number of pyridine rings is 1. The van der Waals surface area contributed by atoms with Gasteiger partial charge in [-0.3, -0.25) is 4.79 Å². The molecule has 0 radical (unpaired) electrons. The Morgan fingerprint density at radius 2 is 2.03 bits per heavy atom. The molecule has 0 saturated heterocycles. The van der Waals surface area contributed by atoms with Crippen LogP contribution in [0.1, 0.15) is 10.4 Å². The Bertz CT molecular complexity index is 1350. The van der Waals surface area contributed by atoms with Gasteiger partial charge in [-0.2, -0.15) is 5.10 Å². The number of hydrogen-bond acceptors (Lipinski definition) is 7. The first-order valence-corrected chi connectivity index (χ1v) is 8.63. The van der Waals surface area contributed by atoms with E-state index in [1.165, 1.54) is 10.9 Å². The monoisotopic (exact) mass is 398 g/mol. The number of carbonyl (C=O) groups excluding carboxylic acids is 1. The Kier molecular flexibility index (Phi) is 4.54. The topological polar surface area (TPSA) is 149 Å². The van der Waals surface area contributed by atoms with Gasteiger partial charge in [0.2, 0.25) is 0 Å². The van der Waals surface area contributed by atoms with Crippen molar-refractivity contribution < 1.29 is 9.90 Å². The molecular weight excluding hydrogens is 384 g/mol. The average molecular weight is 398 g/mol. The number of carbonyl (C=O) groups is 1. The van der Waals surface area contributed by atoms with Crippen molar-refractivity contribution in [2.75, 3.05) is 5.73 Å². The van der Waals surface area contributed by atoms with Crippen molar-refractivity contribution in [1.29, 1.82) is 0 Å². The number of anilines is 1. The molecule has 4 rings (SSSR count). The Labute approximate surface area is 169 Å². The minimum atomic E-state index is -0.833. The van der Waals surface area contributed by atoms with Crippen molar-refractivity contribution in [2.45, 2.75) is 0 Å². The molecule has 0 aliphatic rings. The zero-order chi connectivity index (χ0) is 21.3. The summed E-state index contributed by atoms with van der Waals surface area (Å²) in [7, 11) is 0. The number of hydrogen-bond donors (Lipinski definition) is 3. The molecule has 5 N–H and O–H groups in total. The fourth-order valence-corrected chi connectivity index (χ4v) is 2.97. The number of aromatic hydroxyl groups is 1. The number of aromatic nitrogens is 3. The Balaban J connectivity index is 1.88. The van der Waals surface area contributed by atoms with Gasteiger partial charge in [0, 0.05) is 17.3 Å². The number of nitrogens with two attached hydrogens (primary N) is 2. The number of benzene rings is 2. The van der Waals surface area contributed by atoms with Crippen LogP contribution in [0.2, 0.25) is 0 Å². The highest BCUT2D eigenvalue weighted by Crippen LogP contribution is 2.39. The standard InChI is InChI=1S/C20H14N8O2/c1-23-15-10-25-28(16-4-2-3-7-24-16)20(15)27-26-14-8-11-5-6-12(21)9-13(11)17(18(14)29)19(22)30/h2-10,29H,21H2,(H2,22,30)/b27-26+. The van der Waals surface area contributed by atoms with Crippen molar-refractivity contribution in [3.05, 3.63) is 71.8 Å². The molecule has 2 aromatic heterocycles. The molecule has 0 fully saturated rings. The molecule has 146 valence electrons. The first kappa shape index (κ1) is 18.6. The van der Waals surface area contributed by atoms with E-state index in [0.717, 1.165) is 0 Å². The van der Waals surface area contributed by atoms with E-state index < -0.39 is 11.7 Å². The van der Waals surface area contributed by atoms with Crippen LogP contribution in [0, 0.1) is 6.57 Å². The molecule has 0 atom stereocenters. The first-order chi connectivity index (χ1) is 14.5. The third kappa shape index (κ3) is 3.16. The van der Waals surface area contributed by atoms with E-state index in [0.29, 0.717) is 22.3 Å². The smallest absolute Gasteiger partial charge is 0.253 e. The van der Waals surface area contributed by atoms with E-state index >= 15 is 0 Å². The van der Waals surface area contributed by atoms with E-state index in [2.05, 4.69) is 25.2 Å². The number of amides is 1. The molecule has 30 heavy (non-hydrogen) atoms. The van der Waals surface area contributed by atoms with Crippen molar-refractivity contribution in [3.8, 4) is 11.6 Å². The molecule has 0 unspecified atom stereocenters. The Morgan fingerprint density at radius 1 is 1.20 bits per heavy atom. The van der Waals surface area contributed by atoms with E-state index in [1.807, 2.05) is 0 Å². The van der Waals surface area contributed by atoms with Crippen LogP contribution in [-0.2, 0) is 0 Å². The summed E-state index contributed by atoms with van der Waals surface area (Å²) in [6.45, 7) is 7.33. The van der Waals surface area contributed by atoms with Gasteiger partial charge in [0.25, 0.3) is 11.6 Å². The molecular formula is C20H14N8O2. The number of phenols is 1. The molecule has 2 aromatic carbocycles. The summed E-state index contributed by atoms with van der Waals surface area (Å²) in [5, 5.41) is 23.9. The second-order valence-electron chi connectivity index (χ2n) is 6.23. The largest absolute Gasteiger partial charge is 0.505 e. The second-order valence-corrected chi connectivity index (χ2v) is 6.23. The third-order valence-electron chi connectivity index (χ3n) is 4.33. The molecule has 10 heteroatoms. The lowest BCUT2D eigenvalue weighted by Gasteiger charge is -2.09. The van der Waals surface area contributed by atoms with Gasteiger partial charge in [-0.15, -0.1) is 10.2 Å². The Morgan fingerprint density at radius 3 is 2.73 bits per heavy atom. The van der Waals surface area contributed by atoms with Crippen LogP contribution >= 0.6 is 0 Å². The quantitative estimate of drug-likeness (QED) is 0.272. The SMILES string of the molecule is [C-]#[N+]c1cnn(-c2ccccn2)c1/N=N/c1cc2ccc(N)cc2c(C(N)=O)c1O. The van der Waals surface area contributed by atoms with E-state index in [4.69, 9.17) is 18.0 Å². The fraction of sp³-hybridized carbons (Fsp3) is 0. The molecule has 0 saturated carbocycles. The first-order valence-electron chi connectivity index (χ1n) is 8.63. The van der Waals surface area contributed by atoms with E-state index in [-0.39, 0.29) is 22.8 Å². The van der Waals surface area contributed by atoms with Gasteiger partial charge in [-0.25, -0.2) is 14.5 Å². The predicted octanol–water partition coefficient (Wildman–Crippen LogP) is 3.77. The number of fused-ring (bicyclic) bond motifs is 1. The summed E-state index contributed by atoms with van der Waals surface area (Å²) in [5.41, 5.74) is 11.7. The number of nitrogen functional groups attached to an aromatic ring is 1. The maximum absolute atomic E-state index is 12.0. The molecule has 4 aromatic rings. The molecule has 0 aliphatic carbocycles. The summed E-state index contributed by atoms with van der Waals surface area (Å²) in [6, 6.07) is 11.6. The third-order valence-corrected chi connectivity index (χ3v) is 4.33. The van der Waals surface area contributed by atoms with Crippen LogP contribution in [0.3, 0.4) is 0 Å². The summed E-state index contributed by atoms with van der Waals surface area (Å²) >= 11 is 0. The van der Waals surface area contributed by atoms with Crippen LogP contribution in [0.25, 0.3) is 21.4 Å². The number of nitrogens with zero attached hydrogens (tertiary/aromatic N) is 6. The van der Waals surface area contributed by atoms with E-state index in [1.54, 1.807) is 48.7 Å². The van der Waals surface area contributed by atoms with Gasteiger partial charge in [0.1, 0.15) is 5.69 Å². The zero-order valence-electron chi connectivity index (χ0n) is 15.4. The Hall–Kier alpha value is -4.78. The fourth-order valence-electron chi connectivity index (χ4n) is 2.97. The number of rotatable bonds is 4. The highest BCUT2D eigenvalue weighted by atomic mass is 16.3. The lowest BCUT2D eigenvalue weighted by Crippen LogP contribution is -2.12. The highest BCUT2D eigenvalue weighted by molar-refractivity contribution is 6.11. The van der Waals surface area contributed by atoms with Crippen LogP contribution in [-0.4, -0.2) is 25.8 Å². The van der Waals surface area contributed by atoms with Crippen LogP contribution in [0.4, 0.5) is 22.9 Å².